The van der Waals surface area contributed by atoms with Gasteiger partial charge in [0.25, 0.3) is 0 Å². The fourth-order valence-corrected chi connectivity index (χ4v) is 2.62. The molecule has 0 spiro atoms. The summed E-state index contributed by atoms with van der Waals surface area (Å²) in [6.45, 7) is 0.729. The minimum Gasteiger partial charge on any atom is -0.480 e. The Morgan fingerprint density at radius 2 is 2.05 bits per heavy atom. The highest BCUT2D eigenvalue weighted by atomic mass is 35.5. The highest BCUT2D eigenvalue weighted by molar-refractivity contribution is 6.30. The van der Waals surface area contributed by atoms with E-state index >= 15 is 0 Å². The van der Waals surface area contributed by atoms with Gasteiger partial charge in [0.1, 0.15) is 6.54 Å². The Hall–Kier alpha value is -1.59. The van der Waals surface area contributed by atoms with Crippen LogP contribution in [0.1, 0.15) is 24.4 Å². The maximum Gasteiger partial charge on any atom is 0.322 e. The number of aliphatic carboxylic acids is 1. The minimum atomic E-state index is -1.03. The Morgan fingerprint density at radius 3 is 2.70 bits per heavy atom. The van der Waals surface area contributed by atoms with Gasteiger partial charge in [-0.3, -0.25) is 14.5 Å². The lowest BCUT2D eigenvalue weighted by atomic mass is 10.0. The van der Waals surface area contributed by atoms with Gasteiger partial charge < -0.3 is 10.4 Å². The van der Waals surface area contributed by atoms with Crippen LogP contribution in [-0.4, -0.2) is 41.5 Å². The Balaban J connectivity index is 1.95. The van der Waals surface area contributed by atoms with E-state index in [1.54, 1.807) is 0 Å². The maximum absolute atomic E-state index is 11.7. The van der Waals surface area contributed by atoms with Gasteiger partial charge in [0.05, 0.1) is 6.54 Å². The highest BCUT2D eigenvalue weighted by Gasteiger charge is 2.27. The van der Waals surface area contributed by atoms with Gasteiger partial charge in [-0.05, 0) is 37.1 Å². The van der Waals surface area contributed by atoms with Crippen LogP contribution in [0.15, 0.2) is 24.3 Å². The molecule has 2 N–H and O–H groups in total. The zero-order valence-corrected chi connectivity index (χ0v) is 11.8. The van der Waals surface area contributed by atoms with Crippen LogP contribution < -0.4 is 5.32 Å². The third kappa shape index (κ3) is 3.95. The second-order valence-electron chi connectivity index (χ2n) is 4.85. The molecule has 0 radical (unpaired) electrons. The average Bonchev–Trinajstić information content (AvgIpc) is 2.85. The lowest BCUT2D eigenvalue weighted by Gasteiger charge is -2.24. The highest BCUT2D eigenvalue weighted by Crippen LogP contribution is 2.31. The van der Waals surface area contributed by atoms with Crippen molar-refractivity contribution in [3.8, 4) is 0 Å². The van der Waals surface area contributed by atoms with Crippen LogP contribution >= 0.6 is 11.6 Å². The van der Waals surface area contributed by atoms with Crippen LogP contribution in [0.2, 0.25) is 5.02 Å². The maximum atomic E-state index is 11.7. The van der Waals surface area contributed by atoms with Crippen LogP contribution in [0.3, 0.4) is 0 Å². The molecule has 0 bridgehead atoms. The second kappa shape index (κ2) is 6.72. The number of hydrogen-bond donors (Lipinski definition) is 2. The van der Waals surface area contributed by atoms with Crippen molar-refractivity contribution in [2.24, 2.45) is 0 Å². The topological polar surface area (TPSA) is 69.6 Å². The predicted octanol–water partition coefficient (Wildman–Crippen LogP) is 1.68. The second-order valence-corrected chi connectivity index (χ2v) is 5.29. The van der Waals surface area contributed by atoms with Gasteiger partial charge in [0.15, 0.2) is 0 Å². The molecule has 1 saturated heterocycles. The van der Waals surface area contributed by atoms with Crippen LogP contribution in [0.5, 0.6) is 0 Å². The summed E-state index contributed by atoms with van der Waals surface area (Å²) in [6, 6.07) is 7.83. The Bertz CT molecular complexity index is 490. The van der Waals surface area contributed by atoms with E-state index in [0.29, 0.717) is 5.02 Å². The van der Waals surface area contributed by atoms with Crippen LogP contribution in [-0.2, 0) is 9.59 Å². The SMILES string of the molecule is O=C(O)CNC(=O)CN1CCCC1c1ccc(Cl)cc1. The average molecular weight is 297 g/mol. The van der Waals surface area contributed by atoms with E-state index in [9.17, 15) is 9.59 Å². The third-order valence-electron chi connectivity index (χ3n) is 3.40. The molecular formula is C14H17ClN2O3. The lowest BCUT2D eigenvalue weighted by molar-refractivity contribution is -0.138. The van der Waals surface area contributed by atoms with E-state index in [1.165, 1.54) is 0 Å². The monoisotopic (exact) mass is 296 g/mol. The van der Waals surface area contributed by atoms with Crippen molar-refractivity contribution in [3.05, 3.63) is 34.9 Å². The number of amides is 1. The van der Waals surface area contributed by atoms with E-state index in [-0.39, 0.29) is 25.0 Å². The summed E-state index contributed by atoms with van der Waals surface area (Å²) < 4.78 is 0. The molecule has 1 aromatic rings. The first-order chi connectivity index (χ1) is 9.56. The van der Waals surface area contributed by atoms with Crippen molar-refractivity contribution in [2.45, 2.75) is 18.9 Å². The molecular weight excluding hydrogens is 280 g/mol. The molecule has 0 aliphatic carbocycles. The van der Waals surface area contributed by atoms with E-state index in [0.717, 1.165) is 24.9 Å². The molecule has 0 saturated carbocycles. The number of likely N-dealkylation sites (tertiary alicyclic amines) is 1. The Morgan fingerprint density at radius 1 is 1.35 bits per heavy atom. The first-order valence-electron chi connectivity index (χ1n) is 6.54. The molecule has 1 fully saturated rings. The van der Waals surface area contributed by atoms with Gasteiger partial charge in [-0.15, -0.1) is 0 Å². The molecule has 1 amide bonds. The molecule has 1 heterocycles. The molecule has 1 atom stereocenters. The summed E-state index contributed by atoms with van der Waals surface area (Å²) in [7, 11) is 0. The molecule has 0 aromatic heterocycles. The van der Waals surface area contributed by atoms with Crippen LogP contribution in [0.25, 0.3) is 0 Å². The number of rotatable bonds is 5. The van der Waals surface area contributed by atoms with Crippen molar-refractivity contribution in [3.63, 3.8) is 0 Å². The van der Waals surface area contributed by atoms with E-state index in [1.807, 2.05) is 24.3 Å². The fourth-order valence-electron chi connectivity index (χ4n) is 2.49. The van der Waals surface area contributed by atoms with Crippen LogP contribution in [0, 0.1) is 0 Å². The van der Waals surface area contributed by atoms with Gasteiger partial charge in [0, 0.05) is 11.1 Å². The lowest BCUT2D eigenvalue weighted by Crippen LogP contribution is -2.39. The quantitative estimate of drug-likeness (QED) is 0.867. The molecule has 1 aliphatic rings. The largest absolute Gasteiger partial charge is 0.480 e. The number of carbonyl (C=O) groups is 2. The number of carboxylic acids is 1. The predicted molar refractivity (Wildman–Crippen MR) is 75.6 cm³/mol. The normalized spacial score (nSPS) is 18.9. The summed E-state index contributed by atoms with van der Waals surface area (Å²) >= 11 is 5.88. The van der Waals surface area contributed by atoms with Crippen molar-refractivity contribution < 1.29 is 14.7 Å². The molecule has 1 aliphatic heterocycles. The summed E-state index contributed by atoms with van der Waals surface area (Å²) in [6.07, 6.45) is 2.02. The number of carbonyl (C=O) groups excluding carboxylic acids is 1. The number of nitrogens with zero attached hydrogens (tertiary/aromatic N) is 1. The first-order valence-corrected chi connectivity index (χ1v) is 6.92. The number of nitrogens with one attached hydrogen (secondary N) is 1. The minimum absolute atomic E-state index is 0.197. The van der Waals surface area contributed by atoms with Gasteiger partial charge in [-0.25, -0.2) is 0 Å². The summed E-state index contributed by atoms with van der Waals surface area (Å²) in [5.41, 5.74) is 1.14. The standard InChI is InChI=1S/C14H17ClN2O3/c15-11-5-3-10(4-6-11)12-2-1-7-17(12)9-13(18)16-8-14(19)20/h3-6,12H,1-2,7-9H2,(H,16,18)(H,19,20). The number of hydrogen-bond acceptors (Lipinski definition) is 3. The molecule has 2 rings (SSSR count). The third-order valence-corrected chi connectivity index (χ3v) is 3.65. The molecule has 1 aromatic carbocycles. The first kappa shape index (κ1) is 14.8. The van der Waals surface area contributed by atoms with Gasteiger partial charge in [-0.1, -0.05) is 23.7 Å². The molecule has 6 heteroatoms. The van der Waals surface area contributed by atoms with Gasteiger partial charge >= 0.3 is 5.97 Å². The van der Waals surface area contributed by atoms with E-state index in [4.69, 9.17) is 16.7 Å². The summed E-state index contributed by atoms with van der Waals surface area (Å²) in [5, 5.41) is 11.6. The summed E-state index contributed by atoms with van der Waals surface area (Å²) in [5.74, 6) is -1.29. The van der Waals surface area contributed by atoms with Crippen LogP contribution in [0.4, 0.5) is 0 Å². The van der Waals surface area contributed by atoms with Crippen molar-refractivity contribution in [1.29, 1.82) is 0 Å². The molecule has 1 unspecified atom stereocenters. The fraction of sp³-hybridized carbons (Fsp3) is 0.429. The molecule has 108 valence electrons. The smallest absolute Gasteiger partial charge is 0.322 e. The number of benzene rings is 1. The van der Waals surface area contributed by atoms with Gasteiger partial charge in [0.2, 0.25) is 5.91 Å². The van der Waals surface area contributed by atoms with Gasteiger partial charge in [-0.2, -0.15) is 0 Å². The van der Waals surface area contributed by atoms with Crippen molar-refractivity contribution >= 4 is 23.5 Å². The van der Waals surface area contributed by atoms with Crippen molar-refractivity contribution in [1.82, 2.24) is 10.2 Å². The number of carboxylic acid groups (broad SMARTS) is 1. The molecule has 5 nitrogen and oxygen atoms in total. The Kier molecular flexibility index (Phi) is 4.98. The summed E-state index contributed by atoms with van der Waals surface area (Å²) in [4.78, 5) is 24.2. The number of halogens is 1. The Labute approximate surface area is 122 Å². The zero-order valence-electron chi connectivity index (χ0n) is 11.0. The van der Waals surface area contributed by atoms with E-state index in [2.05, 4.69) is 10.2 Å². The van der Waals surface area contributed by atoms with E-state index < -0.39 is 5.97 Å². The van der Waals surface area contributed by atoms with Crippen molar-refractivity contribution in [2.75, 3.05) is 19.6 Å². The zero-order chi connectivity index (χ0) is 14.5. The molecule has 20 heavy (non-hydrogen) atoms.